The number of amides is 2. The fraction of sp³-hybridized carbons (Fsp3) is 0.636. The zero-order valence-corrected chi connectivity index (χ0v) is 9.32. The molecule has 0 unspecified atom stereocenters. The highest BCUT2D eigenvalue weighted by Gasteiger charge is 2.20. The van der Waals surface area contributed by atoms with Gasteiger partial charge in [0.1, 0.15) is 6.54 Å². The minimum absolute atomic E-state index is 0.253. The van der Waals surface area contributed by atoms with Crippen molar-refractivity contribution in [3.05, 3.63) is 12.7 Å². The van der Waals surface area contributed by atoms with Crippen LogP contribution < -0.4 is 5.32 Å². The molecule has 0 atom stereocenters. The van der Waals surface area contributed by atoms with Crippen LogP contribution in [0, 0.1) is 5.92 Å². The van der Waals surface area contributed by atoms with Crippen molar-refractivity contribution in [1.29, 1.82) is 0 Å². The third-order valence-electron chi connectivity index (χ3n) is 2.73. The molecule has 0 heterocycles. The van der Waals surface area contributed by atoms with Crippen LogP contribution in [-0.2, 0) is 4.79 Å². The lowest BCUT2D eigenvalue weighted by Gasteiger charge is -2.27. The van der Waals surface area contributed by atoms with Crippen molar-refractivity contribution in [2.45, 2.75) is 19.3 Å². The molecule has 1 rings (SSSR count). The summed E-state index contributed by atoms with van der Waals surface area (Å²) < 4.78 is 0. The van der Waals surface area contributed by atoms with Crippen molar-refractivity contribution in [2.75, 3.05) is 19.6 Å². The van der Waals surface area contributed by atoms with E-state index in [2.05, 4.69) is 11.9 Å². The Morgan fingerprint density at radius 2 is 2.19 bits per heavy atom. The Hall–Kier alpha value is -1.52. The lowest BCUT2D eigenvalue weighted by molar-refractivity contribution is -0.137. The molecule has 1 aliphatic rings. The summed E-state index contributed by atoms with van der Waals surface area (Å²) >= 11 is 0. The molecule has 90 valence electrons. The van der Waals surface area contributed by atoms with Crippen LogP contribution in [0.2, 0.25) is 0 Å². The zero-order chi connectivity index (χ0) is 12.0. The number of rotatable bonds is 6. The topological polar surface area (TPSA) is 69.6 Å². The Morgan fingerprint density at radius 1 is 1.50 bits per heavy atom. The van der Waals surface area contributed by atoms with E-state index in [9.17, 15) is 9.59 Å². The van der Waals surface area contributed by atoms with Gasteiger partial charge in [-0.3, -0.25) is 4.79 Å². The largest absolute Gasteiger partial charge is 0.480 e. The maximum Gasteiger partial charge on any atom is 0.323 e. The molecular formula is C11H18N2O3. The van der Waals surface area contributed by atoms with Crippen LogP contribution in [0.1, 0.15) is 19.3 Å². The van der Waals surface area contributed by atoms with Crippen molar-refractivity contribution < 1.29 is 14.7 Å². The van der Waals surface area contributed by atoms with E-state index in [-0.39, 0.29) is 19.1 Å². The van der Waals surface area contributed by atoms with Gasteiger partial charge in [-0.25, -0.2) is 4.79 Å². The molecule has 0 aromatic rings. The van der Waals surface area contributed by atoms with E-state index in [4.69, 9.17) is 5.11 Å². The van der Waals surface area contributed by atoms with Gasteiger partial charge in [0.2, 0.25) is 0 Å². The third kappa shape index (κ3) is 3.92. The van der Waals surface area contributed by atoms with Gasteiger partial charge >= 0.3 is 12.0 Å². The molecule has 0 bridgehead atoms. The van der Waals surface area contributed by atoms with E-state index in [1.54, 1.807) is 0 Å². The molecular weight excluding hydrogens is 208 g/mol. The van der Waals surface area contributed by atoms with E-state index >= 15 is 0 Å². The van der Waals surface area contributed by atoms with Gasteiger partial charge in [0, 0.05) is 13.1 Å². The maximum atomic E-state index is 11.6. The lowest BCUT2D eigenvalue weighted by Crippen LogP contribution is -2.44. The van der Waals surface area contributed by atoms with Crippen molar-refractivity contribution in [3.63, 3.8) is 0 Å². The van der Waals surface area contributed by atoms with Crippen LogP contribution >= 0.6 is 0 Å². The van der Waals surface area contributed by atoms with Crippen LogP contribution in [-0.4, -0.2) is 41.6 Å². The molecule has 0 aromatic heterocycles. The number of hydrogen-bond acceptors (Lipinski definition) is 2. The van der Waals surface area contributed by atoms with Gasteiger partial charge in [0.15, 0.2) is 0 Å². The first kappa shape index (κ1) is 12.5. The summed E-state index contributed by atoms with van der Waals surface area (Å²) in [5, 5.41) is 11.4. The number of hydrogen-bond donors (Lipinski definition) is 2. The summed E-state index contributed by atoms with van der Waals surface area (Å²) in [6.45, 7) is 4.11. The van der Waals surface area contributed by atoms with Crippen LogP contribution in [0.4, 0.5) is 4.79 Å². The number of carboxylic acid groups (broad SMARTS) is 1. The molecule has 2 N–H and O–H groups in total. The minimum Gasteiger partial charge on any atom is -0.480 e. The van der Waals surface area contributed by atoms with Crippen molar-refractivity contribution >= 4 is 12.0 Å². The van der Waals surface area contributed by atoms with E-state index in [1.807, 2.05) is 0 Å². The maximum absolute atomic E-state index is 11.6. The number of carbonyl (C=O) groups is 2. The molecule has 5 nitrogen and oxygen atoms in total. The van der Waals surface area contributed by atoms with Crippen molar-refractivity contribution in [3.8, 4) is 0 Å². The Morgan fingerprint density at radius 3 is 2.62 bits per heavy atom. The monoisotopic (exact) mass is 226 g/mol. The highest BCUT2D eigenvalue weighted by atomic mass is 16.4. The van der Waals surface area contributed by atoms with Crippen LogP contribution in [0.5, 0.6) is 0 Å². The first-order valence-electron chi connectivity index (χ1n) is 5.49. The average Bonchev–Trinajstić information content (AvgIpc) is 2.13. The summed E-state index contributed by atoms with van der Waals surface area (Å²) in [4.78, 5) is 23.4. The molecule has 0 aliphatic heterocycles. The second kappa shape index (κ2) is 6.15. The molecule has 0 aromatic carbocycles. The standard InChI is InChI=1S/C11H18N2O3/c1-2-6-13(8-10(14)15)11(16)12-7-9-4-3-5-9/h2,9H,1,3-8H2,(H,12,16)(H,14,15). The lowest BCUT2D eigenvalue weighted by atomic mass is 9.85. The second-order valence-corrected chi connectivity index (χ2v) is 4.05. The van der Waals surface area contributed by atoms with Gasteiger partial charge in [-0.15, -0.1) is 6.58 Å². The number of carbonyl (C=O) groups excluding carboxylic acids is 1. The number of aliphatic carboxylic acids is 1. The predicted octanol–water partition coefficient (Wildman–Crippen LogP) is 1.07. The molecule has 0 spiro atoms. The summed E-state index contributed by atoms with van der Waals surface area (Å²) in [6.07, 6.45) is 5.05. The van der Waals surface area contributed by atoms with Gasteiger partial charge in [0.25, 0.3) is 0 Å². The first-order valence-corrected chi connectivity index (χ1v) is 5.49. The molecule has 1 aliphatic carbocycles. The summed E-state index contributed by atoms with van der Waals surface area (Å²) in [5.41, 5.74) is 0. The fourth-order valence-electron chi connectivity index (χ4n) is 1.58. The second-order valence-electron chi connectivity index (χ2n) is 4.05. The van der Waals surface area contributed by atoms with Crippen LogP contribution in [0.15, 0.2) is 12.7 Å². The van der Waals surface area contributed by atoms with E-state index in [0.717, 1.165) is 12.8 Å². The molecule has 1 fully saturated rings. The fourth-order valence-corrected chi connectivity index (χ4v) is 1.58. The van der Waals surface area contributed by atoms with Crippen molar-refractivity contribution in [2.24, 2.45) is 5.92 Å². The molecule has 0 saturated heterocycles. The number of nitrogens with one attached hydrogen (secondary N) is 1. The smallest absolute Gasteiger partial charge is 0.323 e. The molecule has 1 saturated carbocycles. The normalized spacial score (nSPS) is 15.0. The Bertz CT molecular complexity index is 274. The average molecular weight is 226 g/mol. The van der Waals surface area contributed by atoms with E-state index in [0.29, 0.717) is 12.5 Å². The van der Waals surface area contributed by atoms with Gasteiger partial charge in [0.05, 0.1) is 0 Å². The summed E-state index contributed by atoms with van der Waals surface area (Å²) in [7, 11) is 0. The Labute approximate surface area is 95.1 Å². The molecule has 5 heteroatoms. The Kier molecular flexibility index (Phi) is 4.82. The number of carboxylic acids is 1. The number of urea groups is 1. The van der Waals surface area contributed by atoms with Crippen molar-refractivity contribution in [1.82, 2.24) is 10.2 Å². The number of nitrogens with zero attached hydrogens (tertiary/aromatic N) is 1. The quantitative estimate of drug-likeness (QED) is 0.665. The predicted molar refractivity (Wildman–Crippen MR) is 60.1 cm³/mol. The molecule has 16 heavy (non-hydrogen) atoms. The minimum atomic E-state index is -1.01. The van der Waals surface area contributed by atoms with Crippen LogP contribution in [0.3, 0.4) is 0 Å². The SMILES string of the molecule is C=CCN(CC(=O)O)C(=O)NCC1CCC1. The summed E-state index contributed by atoms with van der Waals surface area (Å²) in [5.74, 6) is -0.444. The van der Waals surface area contributed by atoms with Gasteiger partial charge in [-0.2, -0.15) is 0 Å². The van der Waals surface area contributed by atoms with E-state index < -0.39 is 5.97 Å². The van der Waals surface area contributed by atoms with Crippen LogP contribution in [0.25, 0.3) is 0 Å². The highest BCUT2D eigenvalue weighted by Crippen LogP contribution is 2.25. The van der Waals surface area contributed by atoms with Gasteiger partial charge < -0.3 is 15.3 Å². The van der Waals surface area contributed by atoms with Gasteiger partial charge in [-0.05, 0) is 18.8 Å². The van der Waals surface area contributed by atoms with Gasteiger partial charge in [-0.1, -0.05) is 12.5 Å². The zero-order valence-electron chi connectivity index (χ0n) is 9.32. The highest BCUT2D eigenvalue weighted by molar-refractivity contribution is 5.80. The molecule has 0 radical (unpaired) electrons. The first-order chi connectivity index (χ1) is 7.63. The summed E-state index contributed by atoms with van der Waals surface area (Å²) in [6, 6.07) is -0.325. The molecule has 2 amide bonds. The van der Waals surface area contributed by atoms with E-state index in [1.165, 1.54) is 17.4 Å². The third-order valence-corrected chi connectivity index (χ3v) is 2.73. The Balaban J connectivity index is 2.32.